The Bertz CT molecular complexity index is 260. The number of rotatable bonds is 2. The van der Waals surface area contributed by atoms with Crippen LogP contribution in [0.2, 0.25) is 0 Å². The minimum atomic E-state index is 0.580. The van der Waals surface area contributed by atoms with Crippen molar-refractivity contribution in [1.82, 2.24) is 9.78 Å². The molecule has 0 aliphatic heterocycles. The van der Waals surface area contributed by atoms with Crippen molar-refractivity contribution in [3.8, 4) is 0 Å². The summed E-state index contributed by atoms with van der Waals surface area (Å²) in [4.78, 5) is 0. The number of nitrogens with zero attached hydrogens (tertiary/aromatic N) is 2. The fourth-order valence-corrected chi connectivity index (χ4v) is 1.04. The zero-order valence-electron chi connectivity index (χ0n) is 6.91. The van der Waals surface area contributed by atoms with Crippen LogP contribution in [-0.2, 0) is 7.05 Å². The summed E-state index contributed by atoms with van der Waals surface area (Å²) in [5, 5.41) is 4.05. The highest BCUT2D eigenvalue weighted by molar-refractivity contribution is 5.60. The summed E-state index contributed by atoms with van der Waals surface area (Å²) in [6.07, 6.45) is 3.76. The van der Waals surface area contributed by atoms with E-state index in [9.17, 15) is 0 Å². The Morgan fingerprint density at radius 3 is 3.00 bits per heavy atom. The maximum Gasteiger partial charge on any atom is 0.0632 e. The molecule has 3 heteroatoms. The number of aryl methyl sites for hydroxylation is 1. The molecule has 0 amide bonds. The maximum atomic E-state index is 5.38. The molecule has 0 bridgehead atoms. The van der Waals surface area contributed by atoms with Crippen molar-refractivity contribution < 1.29 is 0 Å². The van der Waals surface area contributed by atoms with Crippen molar-refractivity contribution in [2.75, 3.05) is 6.54 Å². The van der Waals surface area contributed by atoms with E-state index in [0.717, 1.165) is 5.69 Å². The molecule has 1 heterocycles. The number of hydrogen-bond donors (Lipinski definition) is 1. The third kappa shape index (κ3) is 1.68. The van der Waals surface area contributed by atoms with E-state index in [1.165, 1.54) is 5.57 Å². The van der Waals surface area contributed by atoms with Gasteiger partial charge in [0.05, 0.1) is 5.69 Å². The quantitative estimate of drug-likeness (QED) is 0.679. The van der Waals surface area contributed by atoms with E-state index in [2.05, 4.69) is 5.10 Å². The number of allylic oxidation sites excluding steroid dienone is 1. The van der Waals surface area contributed by atoms with Gasteiger partial charge in [-0.1, -0.05) is 6.08 Å². The van der Waals surface area contributed by atoms with Crippen LogP contribution >= 0.6 is 0 Å². The van der Waals surface area contributed by atoms with Gasteiger partial charge < -0.3 is 5.73 Å². The average molecular weight is 151 g/mol. The predicted molar refractivity (Wildman–Crippen MR) is 45.9 cm³/mol. The highest BCUT2D eigenvalue weighted by Gasteiger charge is 1.98. The van der Waals surface area contributed by atoms with E-state index in [1.807, 2.05) is 30.8 Å². The van der Waals surface area contributed by atoms with E-state index in [0.29, 0.717) is 6.54 Å². The summed E-state index contributed by atoms with van der Waals surface area (Å²) in [5.74, 6) is 0. The van der Waals surface area contributed by atoms with E-state index >= 15 is 0 Å². The number of hydrogen-bond acceptors (Lipinski definition) is 2. The van der Waals surface area contributed by atoms with Gasteiger partial charge in [-0.05, 0) is 18.6 Å². The van der Waals surface area contributed by atoms with Crippen LogP contribution in [0.5, 0.6) is 0 Å². The molecule has 0 aliphatic rings. The van der Waals surface area contributed by atoms with Gasteiger partial charge in [0, 0.05) is 19.8 Å². The monoisotopic (exact) mass is 151 g/mol. The van der Waals surface area contributed by atoms with Crippen LogP contribution in [0.4, 0.5) is 0 Å². The van der Waals surface area contributed by atoms with Crippen molar-refractivity contribution in [2.24, 2.45) is 12.8 Å². The predicted octanol–water partition coefficient (Wildman–Crippen LogP) is 0.782. The molecule has 0 saturated carbocycles. The number of aromatic nitrogens is 2. The Morgan fingerprint density at radius 2 is 2.55 bits per heavy atom. The second-order valence-corrected chi connectivity index (χ2v) is 2.46. The second-order valence-electron chi connectivity index (χ2n) is 2.46. The van der Waals surface area contributed by atoms with E-state index in [4.69, 9.17) is 5.73 Å². The molecule has 3 nitrogen and oxygen atoms in total. The Hall–Kier alpha value is -1.09. The van der Waals surface area contributed by atoms with Crippen LogP contribution < -0.4 is 5.73 Å². The molecule has 0 spiro atoms. The van der Waals surface area contributed by atoms with E-state index in [1.54, 1.807) is 6.20 Å². The molecule has 0 unspecified atom stereocenters. The normalized spacial score (nSPS) is 12.1. The lowest BCUT2D eigenvalue weighted by molar-refractivity contribution is 0.755. The Kier molecular flexibility index (Phi) is 2.44. The topological polar surface area (TPSA) is 43.8 Å². The molecule has 0 fully saturated rings. The summed E-state index contributed by atoms with van der Waals surface area (Å²) in [5.41, 5.74) is 7.67. The first-order valence-corrected chi connectivity index (χ1v) is 3.61. The van der Waals surface area contributed by atoms with E-state index in [-0.39, 0.29) is 0 Å². The lowest BCUT2D eigenvalue weighted by atomic mass is 10.2. The second kappa shape index (κ2) is 3.34. The molecular formula is C8H13N3. The lowest BCUT2D eigenvalue weighted by Gasteiger charge is -2.00. The molecule has 1 rings (SSSR count). The van der Waals surface area contributed by atoms with Gasteiger partial charge >= 0.3 is 0 Å². The summed E-state index contributed by atoms with van der Waals surface area (Å²) in [6, 6.07) is 1.97. The molecule has 11 heavy (non-hydrogen) atoms. The average Bonchev–Trinajstić information content (AvgIpc) is 2.36. The van der Waals surface area contributed by atoms with Crippen LogP contribution in [-0.4, -0.2) is 16.3 Å². The van der Waals surface area contributed by atoms with Gasteiger partial charge in [0.15, 0.2) is 0 Å². The highest BCUT2D eigenvalue weighted by Crippen LogP contribution is 2.10. The summed E-state index contributed by atoms with van der Waals surface area (Å²) >= 11 is 0. The molecule has 1 aromatic rings. The summed E-state index contributed by atoms with van der Waals surface area (Å²) in [7, 11) is 1.92. The largest absolute Gasteiger partial charge is 0.327 e. The Labute approximate surface area is 66.5 Å². The van der Waals surface area contributed by atoms with Crippen LogP contribution in [0.1, 0.15) is 12.6 Å². The van der Waals surface area contributed by atoms with Gasteiger partial charge in [0.25, 0.3) is 0 Å². The van der Waals surface area contributed by atoms with Gasteiger partial charge in [0.2, 0.25) is 0 Å². The fraction of sp³-hybridized carbons (Fsp3) is 0.375. The van der Waals surface area contributed by atoms with Crippen LogP contribution in [0.25, 0.3) is 5.57 Å². The maximum absolute atomic E-state index is 5.38. The smallest absolute Gasteiger partial charge is 0.0632 e. The van der Waals surface area contributed by atoms with Crippen LogP contribution in [0, 0.1) is 0 Å². The van der Waals surface area contributed by atoms with Gasteiger partial charge in [-0.25, -0.2) is 0 Å². The minimum Gasteiger partial charge on any atom is -0.327 e. The first-order chi connectivity index (χ1) is 5.25. The summed E-state index contributed by atoms with van der Waals surface area (Å²) in [6.45, 7) is 2.61. The molecule has 60 valence electrons. The SMILES string of the molecule is CC(=CCN)c1ccnn1C. The third-order valence-corrected chi connectivity index (χ3v) is 1.65. The molecule has 1 aromatic heterocycles. The van der Waals surface area contributed by atoms with Crippen molar-refractivity contribution >= 4 is 5.57 Å². The van der Waals surface area contributed by atoms with Crippen LogP contribution in [0.15, 0.2) is 18.3 Å². The molecule has 2 N–H and O–H groups in total. The van der Waals surface area contributed by atoms with Crippen molar-refractivity contribution in [1.29, 1.82) is 0 Å². The molecular weight excluding hydrogens is 138 g/mol. The first kappa shape index (κ1) is 8.01. The fourth-order valence-electron chi connectivity index (χ4n) is 1.04. The summed E-state index contributed by atoms with van der Waals surface area (Å²) < 4.78 is 1.83. The lowest BCUT2D eigenvalue weighted by Crippen LogP contribution is -1.98. The zero-order valence-corrected chi connectivity index (χ0v) is 6.91. The third-order valence-electron chi connectivity index (χ3n) is 1.65. The molecule has 0 aliphatic carbocycles. The molecule has 0 radical (unpaired) electrons. The molecule has 0 atom stereocenters. The Balaban J connectivity index is 2.92. The van der Waals surface area contributed by atoms with Crippen molar-refractivity contribution in [3.05, 3.63) is 24.0 Å². The highest BCUT2D eigenvalue weighted by atomic mass is 15.3. The Morgan fingerprint density at radius 1 is 1.82 bits per heavy atom. The first-order valence-electron chi connectivity index (χ1n) is 3.61. The van der Waals surface area contributed by atoms with Crippen molar-refractivity contribution in [3.63, 3.8) is 0 Å². The molecule has 0 aromatic carbocycles. The van der Waals surface area contributed by atoms with Gasteiger partial charge in [0.1, 0.15) is 0 Å². The molecule has 0 saturated heterocycles. The number of nitrogens with two attached hydrogens (primary N) is 1. The van der Waals surface area contributed by atoms with Gasteiger partial charge in [-0.2, -0.15) is 5.10 Å². The van der Waals surface area contributed by atoms with Gasteiger partial charge in [-0.15, -0.1) is 0 Å². The van der Waals surface area contributed by atoms with Crippen molar-refractivity contribution in [2.45, 2.75) is 6.92 Å². The van der Waals surface area contributed by atoms with Gasteiger partial charge in [-0.3, -0.25) is 4.68 Å². The van der Waals surface area contributed by atoms with Crippen LogP contribution in [0.3, 0.4) is 0 Å². The van der Waals surface area contributed by atoms with E-state index < -0.39 is 0 Å². The standard InChI is InChI=1S/C8H13N3/c1-7(3-5-9)8-4-6-10-11(8)2/h3-4,6H,5,9H2,1-2H3. The zero-order chi connectivity index (χ0) is 8.27. The minimum absolute atomic E-state index is 0.580.